The monoisotopic (exact) mass is 239 g/mol. The van der Waals surface area contributed by atoms with E-state index in [4.69, 9.17) is 11.6 Å². The Labute approximate surface area is 97.4 Å². The predicted octanol–water partition coefficient (Wildman–Crippen LogP) is 2.87. The van der Waals surface area contributed by atoms with Crippen LogP contribution in [0.3, 0.4) is 0 Å². The predicted molar refractivity (Wildman–Crippen MR) is 59.7 cm³/mol. The second-order valence-electron chi connectivity index (χ2n) is 4.06. The summed E-state index contributed by atoms with van der Waals surface area (Å²) < 4.78 is 0. The lowest BCUT2D eigenvalue weighted by Gasteiger charge is -2.11. The van der Waals surface area contributed by atoms with E-state index >= 15 is 0 Å². The fourth-order valence-corrected chi connectivity index (χ4v) is 2.11. The molecule has 0 atom stereocenters. The number of ketones is 1. The van der Waals surface area contributed by atoms with E-state index in [0.717, 1.165) is 12.8 Å². The van der Waals surface area contributed by atoms with Gasteiger partial charge in [0.2, 0.25) is 0 Å². The molecule has 4 nitrogen and oxygen atoms in total. The highest BCUT2D eigenvalue weighted by Crippen LogP contribution is 2.50. The third kappa shape index (κ3) is 1.59. The second kappa shape index (κ2) is 3.56. The van der Waals surface area contributed by atoms with Crippen LogP contribution in [0.2, 0.25) is 5.02 Å². The maximum absolute atomic E-state index is 11.5. The third-order valence-electron chi connectivity index (χ3n) is 3.12. The molecule has 0 bridgehead atoms. The van der Waals surface area contributed by atoms with E-state index in [0.29, 0.717) is 5.56 Å². The molecule has 0 N–H and O–H groups in total. The topological polar surface area (TPSA) is 60.2 Å². The lowest BCUT2D eigenvalue weighted by molar-refractivity contribution is -0.384. The first-order valence-electron chi connectivity index (χ1n) is 4.93. The summed E-state index contributed by atoms with van der Waals surface area (Å²) >= 11 is 5.71. The smallest absolute Gasteiger partial charge is 0.288 e. The Kier molecular flexibility index (Phi) is 2.46. The molecule has 1 saturated carbocycles. The Morgan fingerprint density at radius 2 is 2.12 bits per heavy atom. The van der Waals surface area contributed by atoms with Gasteiger partial charge < -0.3 is 0 Å². The molecule has 0 spiro atoms. The van der Waals surface area contributed by atoms with Crippen LogP contribution in [0, 0.1) is 10.1 Å². The van der Waals surface area contributed by atoms with E-state index in [9.17, 15) is 14.9 Å². The number of nitro groups is 1. The minimum absolute atomic E-state index is 0.0594. The quantitative estimate of drug-likeness (QED) is 0.602. The number of carbonyl (C=O) groups is 1. The molecule has 1 aromatic rings. The van der Waals surface area contributed by atoms with Crippen LogP contribution in [0.4, 0.5) is 5.69 Å². The zero-order valence-corrected chi connectivity index (χ0v) is 9.45. The first-order valence-corrected chi connectivity index (χ1v) is 5.30. The Morgan fingerprint density at radius 3 is 2.56 bits per heavy atom. The first-order chi connectivity index (χ1) is 7.47. The van der Waals surface area contributed by atoms with Crippen molar-refractivity contribution < 1.29 is 9.72 Å². The minimum Gasteiger partial charge on any atom is -0.299 e. The van der Waals surface area contributed by atoms with Gasteiger partial charge in [-0.25, -0.2) is 0 Å². The van der Waals surface area contributed by atoms with Gasteiger partial charge in [-0.3, -0.25) is 14.9 Å². The largest absolute Gasteiger partial charge is 0.299 e. The van der Waals surface area contributed by atoms with Crippen molar-refractivity contribution in [2.24, 2.45) is 0 Å². The van der Waals surface area contributed by atoms with Crippen LogP contribution in [-0.4, -0.2) is 10.7 Å². The van der Waals surface area contributed by atoms with Gasteiger partial charge in [0.15, 0.2) is 0 Å². The first kappa shape index (κ1) is 11.1. The molecule has 84 valence electrons. The van der Waals surface area contributed by atoms with Gasteiger partial charge in [-0.2, -0.15) is 0 Å². The SMILES string of the molecule is CC(=O)C1(c2ccc(Cl)c([N+](=O)[O-])c2)CC1. The van der Waals surface area contributed by atoms with E-state index in [-0.39, 0.29) is 16.5 Å². The molecule has 0 saturated heterocycles. The van der Waals surface area contributed by atoms with Gasteiger partial charge in [0.25, 0.3) is 5.69 Å². The summed E-state index contributed by atoms with van der Waals surface area (Å²) in [4.78, 5) is 21.7. The Morgan fingerprint density at radius 1 is 1.50 bits per heavy atom. The van der Waals surface area contributed by atoms with Crippen molar-refractivity contribution in [3.05, 3.63) is 38.9 Å². The summed E-state index contributed by atoms with van der Waals surface area (Å²) in [5.74, 6) is 0.0594. The Balaban J connectivity index is 2.48. The number of hydrogen-bond donors (Lipinski definition) is 0. The van der Waals surface area contributed by atoms with Crippen molar-refractivity contribution in [2.45, 2.75) is 25.2 Å². The van der Waals surface area contributed by atoms with Crippen LogP contribution in [0.15, 0.2) is 18.2 Å². The molecular formula is C11H10ClNO3. The summed E-state index contributed by atoms with van der Waals surface area (Å²) in [6, 6.07) is 4.60. The fraction of sp³-hybridized carbons (Fsp3) is 0.364. The molecule has 0 unspecified atom stereocenters. The molecule has 1 aliphatic carbocycles. The van der Waals surface area contributed by atoms with Crippen molar-refractivity contribution in [1.29, 1.82) is 0 Å². The summed E-state index contributed by atoms with van der Waals surface area (Å²) in [7, 11) is 0. The molecule has 0 heterocycles. The number of nitro benzene ring substituents is 1. The van der Waals surface area contributed by atoms with Gasteiger partial charge in [-0.15, -0.1) is 0 Å². The molecule has 1 aromatic carbocycles. The van der Waals surface area contributed by atoms with E-state index in [2.05, 4.69) is 0 Å². The maximum atomic E-state index is 11.5. The summed E-state index contributed by atoms with van der Waals surface area (Å²) in [6.45, 7) is 1.52. The normalized spacial score (nSPS) is 16.9. The summed E-state index contributed by atoms with van der Waals surface area (Å²) in [6.07, 6.45) is 1.53. The van der Waals surface area contributed by atoms with Crippen molar-refractivity contribution >= 4 is 23.1 Å². The van der Waals surface area contributed by atoms with Gasteiger partial charge in [0.05, 0.1) is 10.3 Å². The number of carbonyl (C=O) groups excluding carboxylic acids is 1. The molecule has 0 radical (unpaired) electrons. The maximum Gasteiger partial charge on any atom is 0.288 e. The molecular weight excluding hydrogens is 230 g/mol. The van der Waals surface area contributed by atoms with Crippen molar-refractivity contribution in [1.82, 2.24) is 0 Å². The van der Waals surface area contributed by atoms with Crippen molar-refractivity contribution in [3.63, 3.8) is 0 Å². The molecule has 16 heavy (non-hydrogen) atoms. The summed E-state index contributed by atoms with van der Waals surface area (Å²) in [5.41, 5.74) is 0.0813. The van der Waals surface area contributed by atoms with Crippen LogP contribution < -0.4 is 0 Å². The number of halogens is 1. The van der Waals surface area contributed by atoms with Crippen LogP contribution in [0.5, 0.6) is 0 Å². The molecule has 0 aliphatic heterocycles. The number of nitrogens with zero attached hydrogens (tertiary/aromatic N) is 1. The standard InChI is InChI=1S/C11H10ClNO3/c1-7(14)11(4-5-11)8-2-3-9(12)10(6-8)13(15)16/h2-3,6H,4-5H2,1H3. The zero-order valence-electron chi connectivity index (χ0n) is 8.70. The van der Waals surface area contributed by atoms with E-state index in [1.807, 2.05) is 0 Å². The van der Waals surface area contributed by atoms with Gasteiger partial charge in [0, 0.05) is 6.07 Å². The minimum atomic E-state index is -0.526. The van der Waals surface area contributed by atoms with Gasteiger partial charge in [-0.05, 0) is 31.4 Å². The van der Waals surface area contributed by atoms with E-state index in [1.54, 1.807) is 6.07 Å². The van der Waals surface area contributed by atoms with E-state index < -0.39 is 10.3 Å². The average Bonchev–Trinajstić information content (AvgIpc) is 2.98. The lowest BCUT2D eigenvalue weighted by atomic mass is 9.92. The van der Waals surface area contributed by atoms with Crippen molar-refractivity contribution in [2.75, 3.05) is 0 Å². The van der Waals surface area contributed by atoms with Gasteiger partial charge >= 0.3 is 0 Å². The number of rotatable bonds is 3. The molecule has 0 aromatic heterocycles. The summed E-state index contributed by atoms with van der Waals surface area (Å²) in [5, 5.41) is 10.8. The average molecular weight is 240 g/mol. The zero-order chi connectivity index (χ0) is 11.9. The van der Waals surface area contributed by atoms with Crippen LogP contribution in [-0.2, 0) is 10.2 Å². The molecule has 5 heteroatoms. The number of Topliss-reactive ketones (excluding diaryl/α,β-unsaturated/α-hetero) is 1. The fourth-order valence-electron chi connectivity index (χ4n) is 1.92. The van der Waals surface area contributed by atoms with Crippen LogP contribution in [0.25, 0.3) is 0 Å². The van der Waals surface area contributed by atoms with Crippen molar-refractivity contribution in [3.8, 4) is 0 Å². The van der Waals surface area contributed by atoms with E-state index in [1.165, 1.54) is 19.1 Å². The second-order valence-corrected chi connectivity index (χ2v) is 4.47. The third-order valence-corrected chi connectivity index (χ3v) is 3.44. The molecule has 1 fully saturated rings. The molecule has 0 amide bonds. The van der Waals surface area contributed by atoms with Crippen LogP contribution in [0.1, 0.15) is 25.3 Å². The Bertz CT molecular complexity index is 480. The highest BCUT2D eigenvalue weighted by molar-refractivity contribution is 6.32. The lowest BCUT2D eigenvalue weighted by Crippen LogP contribution is -2.16. The van der Waals surface area contributed by atoms with Crippen LogP contribution >= 0.6 is 11.6 Å². The molecule has 1 aliphatic rings. The Hall–Kier alpha value is -1.42. The molecule has 2 rings (SSSR count). The number of hydrogen-bond acceptors (Lipinski definition) is 3. The number of benzene rings is 1. The van der Waals surface area contributed by atoms with Gasteiger partial charge in [-0.1, -0.05) is 17.7 Å². The van der Waals surface area contributed by atoms with Gasteiger partial charge in [0.1, 0.15) is 10.8 Å². The highest BCUT2D eigenvalue weighted by atomic mass is 35.5. The highest BCUT2D eigenvalue weighted by Gasteiger charge is 2.49.